The van der Waals surface area contributed by atoms with Crippen LogP contribution in [-0.2, 0) is 0 Å². The largest absolute Gasteiger partial charge is 0.372 e. The molecule has 0 amide bonds. The molecule has 170 valence electrons. The highest BCUT2D eigenvalue weighted by molar-refractivity contribution is 6.41. The van der Waals surface area contributed by atoms with Crippen LogP contribution in [0.3, 0.4) is 0 Å². The third-order valence-electron chi connectivity index (χ3n) is 6.08. The molecular formula is C27H33Cl2N3. The first-order valence-electron chi connectivity index (χ1n) is 11.4. The number of halogens is 2. The van der Waals surface area contributed by atoms with Gasteiger partial charge in [-0.1, -0.05) is 35.3 Å². The first-order chi connectivity index (χ1) is 15.4. The van der Waals surface area contributed by atoms with Crippen molar-refractivity contribution in [1.82, 2.24) is 0 Å². The van der Waals surface area contributed by atoms with Crippen molar-refractivity contribution in [3.8, 4) is 11.1 Å². The van der Waals surface area contributed by atoms with E-state index in [1.54, 1.807) is 0 Å². The Morgan fingerprint density at radius 1 is 0.594 bits per heavy atom. The lowest BCUT2D eigenvalue weighted by atomic mass is 10.0. The predicted octanol–water partition coefficient (Wildman–Crippen LogP) is 8.12. The van der Waals surface area contributed by atoms with Gasteiger partial charge in [-0.25, -0.2) is 0 Å². The molecule has 0 saturated heterocycles. The Balaban J connectivity index is 1.94. The highest BCUT2D eigenvalue weighted by atomic mass is 35.5. The zero-order valence-electron chi connectivity index (χ0n) is 19.7. The number of benzene rings is 3. The van der Waals surface area contributed by atoms with Crippen LogP contribution in [0.1, 0.15) is 27.7 Å². The lowest BCUT2D eigenvalue weighted by molar-refractivity contribution is 0.866. The summed E-state index contributed by atoms with van der Waals surface area (Å²) in [6.07, 6.45) is 0. The van der Waals surface area contributed by atoms with Crippen molar-refractivity contribution in [2.45, 2.75) is 27.7 Å². The Kier molecular flexibility index (Phi) is 8.33. The molecule has 3 aromatic carbocycles. The van der Waals surface area contributed by atoms with Gasteiger partial charge in [-0.3, -0.25) is 0 Å². The number of anilines is 4. The molecule has 0 heterocycles. The van der Waals surface area contributed by atoms with Gasteiger partial charge in [0.15, 0.2) is 0 Å². The van der Waals surface area contributed by atoms with Gasteiger partial charge in [0, 0.05) is 55.9 Å². The summed E-state index contributed by atoms with van der Waals surface area (Å²) in [6, 6.07) is 21.0. The van der Waals surface area contributed by atoms with Crippen molar-refractivity contribution >= 4 is 46.0 Å². The van der Waals surface area contributed by atoms with E-state index in [4.69, 9.17) is 23.2 Å². The van der Waals surface area contributed by atoms with E-state index < -0.39 is 0 Å². The summed E-state index contributed by atoms with van der Waals surface area (Å²) in [6.45, 7) is 12.6. The summed E-state index contributed by atoms with van der Waals surface area (Å²) >= 11 is 13.5. The number of hydrogen-bond donors (Lipinski definition) is 0. The molecule has 0 fully saturated rings. The van der Waals surface area contributed by atoms with Crippen LogP contribution < -0.4 is 14.7 Å². The summed E-state index contributed by atoms with van der Waals surface area (Å²) in [5.74, 6) is 0. The summed E-state index contributed by atoms with van der Waals surface area (Å²) in [5.41, 5.74) is 6.31. The van der Waals surface area contributed by atoms with Gasteiger partial charge in [0.2, 0.25) is 0 Å². The molecule has 0 atom stereocenters. The van der Waals surface area contributed by atoms with Crippen molar-refractivity contribution in [2.75, 3.05) is 47.9 Å². The molecule has 0 aliphatic rings. The minimum absolute atomic E-state index is 0.652. The molecule has 0 radical (unpaired) electrons. The molecule has 0 spiro atoms. The molecule has 3 rings (SSSR count). The molecule has 32 heavy (non-hydrogen) atoms. The van der Waals surface area contributed by atoms with Gasteiger partial charge in [-0.2, -0.15) is 0 Å². The van der Waals surface area contributed by atoms with Gasteiger partial charge in [0.25, 0.3) is 0 Å². The molecular weight excluding hydrogens is 437 g/mol. The SMILES string of the molecule is CCN(CC)c1ccc(-c2c(Cl)ccc(N(C)c3ccc(N(CC)CC)cc3)c2Cl)cc1. The lowest BCUT2D eigenvalue weighted by Gasteiger charge is -2.25. The Morgan fingerprint density at radius 2 is 1.03 bits per heavy atom. The number of rotatable bonds is 9. The first-order valence-corrected chi connectivity index (χ1v) is 12.1. The number of hydrogen-bond acceptors (Lipinski definition) is 3. The fraction of sp³-hybridized carbons (Fsp3) is 0.333. The zero-order valence-corrected chi connectivity index (χ0v) is 21.2. The monoisotopic (exact) mass is 469 g/mol. The summed E-state index contributed by atoms with van der Waals surface area (Å²) in [4.78, 5) is 6.76. The maximum absolute atomic E-state index is 6.93. The van der Waals surface area contributed by atoms with Crippen molar-refractivity contribution in [3.05, 3.63) is 70.7 Å². The second-order valence-corrected chi connectivity index (χ2v) is 8.51. The standard InChI is InChI=1S/C27H33Cl2N3/c1-6-31(7-2)22-12-10-20(11-13-22)26-24(28)18-19-25(27(26)29)30(5)21-14-16-23(17-15-21)32(8-3)9-4/h10-19H,6-9H2,1-5H3. The molecule has 0 saturated carbocycles. The highest BCUT2D eigenvalue weighted by Crippen LogP contribution is 2.42. The minimum Gasteiger partial charge on any atom is -0.372 e. The summed E-state index contributed by atoms with van der Waals surface area (Å²) < 4.78 is 0. The Bertz CT molecular complexity index is 1010. The van der Waals surface area contributed by atoms with Gasteiger partial charge >= 0.3 is 0 Å². The molecule has 0 N–H and O–H groups in total. The molecule has 0 aliphatic carbocycles. The maximum Gasteiger partial charge on any atom is 0.0736 e. The molecule has 0 aromatic heterocycles. The van der Waals surface area contributed by atoms with Crippen molar-refractivity contribution in [3.63, 3.8) is 0 Å². The second kappa shape index (κ2) is 11.0. The van der Waals surface area contributed by atoms with E-state index >= 15 is 0 Å². The molecule has 3 nitrogen and oxygen atoms in total. The molecule has 0 aliphatic heterocycles. The maximum atomic E-state index is 6.93. The normalized spacial score (nSPS) is 10.8. The predicted molar refractivity (Wildman–Crippen MR) is 144 cm³/mol. The van der Waals surface area contributed by atoms with Crippen LogP contribution in [0.4, 0.5) is 22.7 Å². The van der Waals surface area contributed by atoms with Gasteiger partial charge < -0.3 is 14.7 Å². The van der Waals surface area contributed by atoms with E-state index in [-0.39, 0.29) is 0 Å². The second-order valence-electron chi connectivity index (χ2n) is 7.72. The smallest absolute Gasteiger partial charge is 0.0736 e. The van der Waals surface area contributed by atoms with Crippen LogP contribution in [0, 0.1) is 0 Å². The zero-order chi connectivity index (χ0) is 23.3. The third kappa shape index (κ3) is 5.00. The van der Waals surface area contributed by atoms with Crippen LogP contribution in [0.25, 0.3) is 11.1 Å². The van der Waals surface area contributed by atoms with Crippen molar-refractivity contribution < 1.29 is 0 Å². The van der Waals surface area contributed by atoms with E-state index in [1.165, 1.54) is 11.4 Å². The van der Waals surface area contributed by atoms with Gasteiger partial charge in [0.05, 0.1) is 15.7 Å². The third-order valence-corrected chi connectivity index (χ3v) is 6.78. The van der Waals surface area contributed by atoms with Crippen molar-refractivity contribution in [1.29, 1.82) is 0 Å². The van der Waals surface area contributed by atoms with Crippen molar-refractivity contribution in [2.24, 2.45) is 0 Å². The Hall–Kier alpha value is -2.36. The summed E-state index contributed by atoms with van der Waals surface area (Å²) in [7, 11) is 2.04. The van der Waals surface area contributed by atoms with E-state index in [1.807, 2.05) is 19.2 Å². The van der Waals surface area contributed by atoms with Crippen LogP contribution >= 0.6 is 23.2 Å². The summed E-state index contributed by atoms with van der Waals surface area (Å²) in [5, 5.41) is 1.31. The fourth-order valence-corrected chi connectivity index (χ4v) is 4.82. The Morgan fingerprint density at radius 3 is 1.50 bits per heavy atom. The van der Waals surface area contributed by atoms with Gasteiger partial charge in [0.1, 0.15) is 0 Å². The minimum atomic E-state index is 0.652. The van der Waals surface area contributed by atoms with Crippen LogP contribution in [0.15, 0.2) is 60.7 Å². The van der Waals surface area contributed by atoms with Crippen LogP contribution in [0.5, 0.6) is 0 Å². The topological polar surface area (TPSA) is 9.72 Å². The quantitative estimate of drug-likeness (QED) is 0.313. The molecule has 3 aromatic rings. The van der Waals surface area contributed by atoms with Gasteiger partial charge in [-0.05, 0) is 81.8 Å². The van der Waals surface area contributed by atoms with E-state index in [9.17, 15) is 0 Å². The highest BCUT2D eigenvalue weighted by Gasteiger charge is 2.17. The van der Waals surface area contributed by atoms with E-state index in [0.29, 0.717) is 10.0 Å². The molecule has 5 heteroatoms. The van der Waals surface area contributed by atoms with Gasteiger partial charge in [-0.15, -0.1) is 0 Å². The molecule has 0 bridgehead atoms. The van der Waals surface area contributed by atoms with Crippen LogP contribution in [0.2, 0.25) is 10.0 Å². The fourth-order valence-electron chi connectivity index (χ4n) is 4.11. The first kappa shape index (κ1) is 24.3. The average Bonchev–Trinajstić information content (AvgIpc) is 2.82. The lowest BCUT2D eigenvalue weighted by Crippen LogP contribution is -2.21. The Labute approximate surface area is 203 Å². The molecule has 0 unspecified atom stereocenters. The van der Waals surface area contributed by atoms with E-state index in [0.717, 1.165) is 48.7 Å². The van der Waals surface area contributed by atoms with Crippen LogP contribution in [-0.4, -0.2) is 33.2 Å². The van der Waals surface area contributed by atoms with E-state index in [2.05, 4.69) is 90.9 Å². The average molecular weight is 470 g/mol. The number of nitrogens with zero attached hydrogens (tertiary/aromatic N) is 3.